The van der Waals surface area contributed by atoms with Crippen molar-refractivity contribution in [3.05, 3.63) is 149 Å². The summed E-state index contributed by atoms with van der Waals surface area (Å²) in [5.41, 5.74) is 2.97. The van der Waals surface area contributed by atoms with Gasteiger partial charge in [-0.15, -0.1) is 0 Å². The van der Waals surface area contributed by atoms with Crippen molar-refractivity contribution in [1.82, 2.24) is 4.98 Å². The lowest BCUT2D eigenvalue weighted by Gasteiger charge is -2.50. The molecular formula is C46H34ClN3O7. The SMILES string of the molecule is COc1ccc(O)c([C@H]2C3=CC[C@@H]4C(=O)N(c5ccc(-c6nc7ccccc7o6)cc5)C(=O)[C@@H]4[C@@H]3C[C@H]3C(=O)N(c4cccc(Cl)c4)C(=O)[C@@]23c2ccccc2)c1. The fourth-order valence-corrected chi connectivity index (χ4v) is 10.2. The summed E-state index contributed by atoms with van der Waals surface area (Å²) in [6.07, 6.45) is 2.31. The summed E-state index contributed by atoms with van der Waals surface area (Å²) in [4.78, 5) is 66.6. The average molecular weight is 776 g/mol. The molecule has 5 aromatic carbocycles. The third-order valence-electron chi connectivity index (χ3n) is 12.4. The molecule has 0 radical (unpaired) electrons. The Morgan fingerprint density at radius 3 is 2.32 bits per heavy atom. The lowest BCUT2D eigenvalue weighted by atomic mass is 9.49. The number of fused-ring (bicyclic) bond motifs is 5. The van der Waals surface area contributed by atoms with E-state index in [0.29, 0.717) is 50.3 Å². The molecule has 1 aromatic heterocycles. The number of hydrogen-bond acceptors (Lipinski definition) is 8. The molecule has 10 nitrogen and oxygen atoms in total. The number of methoxy groups -OCH3 is 1. The van der Waals surface area contributed by atoms with Gasteiger partial charge in [-0.3, -0.25) is 24.1 Å². The molecule has 2 aliphatic carbocycles. The van der Waals surface area contributed by atoms with Gasteiger partial charge in [0.2, 0.25) is 29.5 Å². The molecule has 2 saturated heterocycles. The molecule has 1 N–H and O–H groups in total. The first-order valence-electron chi connectivity index (χ1n) is 18.8. The summed E-state index contributed by atoms with van der Waals surface area (Å²) in [6, 6.07) is 35.1. The topological polar surface area (TPSA) is 130 Å². The molecule has 2 aliphatic heterocycles. The molecule has 4 aliphatic rings. The lowest BCUT2D eigenvalue weighted by molar-refractivity contribution is -0.127. The van der Waals surface area contributed by atoms with Gasteiger partial charge in [0.1, 0.15) is 17.0 Å². The zero-order valence-corrected chi connectivity index (χ0v) is 31.3. The minimum Gasteiger partial charge on any atom is -0.508 e. The predicted octanol–water partition coefficient (Wildman–Crippen LogP) is 8.23. The normalized spacial score (nSPS) is 25.4. The van der Waals surface area contributed by atoms with E-state index in [2.05, 4.69) is 4.98 Å². The quantitative estimate of drug-likeness (QED) is 0.132. The second kappa shape index (κ2) is 13.0. The number of aromatic hydroxyl groups is 1. The summed E-state index contributed by atoms with van der Waals surface area (Å²) >= 11 is 6.43. The number of ether oxygens (including phenoxy) is 1. The molecule has 57 heavy (non-hydrogen) atoms. The number of oxazole rings is 1. The van der Waals surface area contributed by atoms with Gasteiger partial charge in [0, 0.05) is 22.1 Å². The van der Waals surface area contributed by atoms with Crippen LogP contribution in [0.15, 0.2) is 137 Å². The number of hydrogen-bond donors (Lipinski definition) is 1. The maximum atomic E-state index is 15.5. The number of phenolic OH excluding ortho intramolecular Hbond substituents is 1. The fraction of sp³-hybridized carbons (Fsp3) is 0.196. The van der Waals surface area contributed by atoms with Crippen molar-refractivity contribution in [2.45, 2.75) is 24.2 Å². The van der Waals surface area contributed by atoms with Crippen LogP contribution < -0.4 is 14.5 Å². The second-order valence-corrected chi connectivity index (χ2v) is 15.5. The van der Waals surface area contributed by atoms with Crippen molar-refractivity contribution >= 4 is 57.7 Å². The molecule has 1 saturated carbocycles. The summed E-state index contributed by atoms with van der Waals surface area (Å²) in [7, 11) is 1.52. The fourth-order valence-electron chi connectivity index (χ4n) is 9.98. The second-order valence-electron chi connectivity index (χ2n) is 15.1. The van der Waals surface area contributed by atoms with Crippen LogP contribution in [-0.4, -0.2) is 40.8 Å². The largest absolute Gasteiger partial charge is 0.508 e. The van der Waals surface area contributed by atoms with Gasteiger partial charge in [0.05, 0.1) is 41.7 Å². The van der Waals surface area contributed by atoms with Crippen LogP contribution >= 0.6 is 11.6 Å². The number of nitrogens with zero attached hydrogens (tertiary/aromatic N) is 3. The number of allylic oxidation sites excluding steroid dienone is 2. The first-order valence-corrected chi connectivity index (χ1v) is 19.2. The van der Waals surface area contributed by atoms with E-state index >= 15 is 9.59 Å². The minimum absolute atomic E-state index is 0.0885. The van der Waals surface area contributed by atoms with Gasteiger partial charge in [0.25, 0.3) is 0 Å². The first-order chi connectivity index (χ1) is 27.7. The molecule has 10 rings (SSSR count). The van der Waals surface area contributed by atoms with Gasteiger partial charge in [0.15, 0.2) is 5.58 Å². The molecule has 282 valence electrons. The number of rotatable bonds is 6. The standard InChI is InChI=1S/C46H34ClN3O7/c1-56-30-18-21-37(51)34(23-30)40-31-19-20-32-39(44(54)49(42(32)52)28-16-14-25(15-17-28)41-48-36-12-5-6-13-38(36)57-41)33(31)24-35-43(53)50(29-11-7-10-27(47)22-29)45(55)46(35,40)26-8-3-2-4-9-26/h2-19,21-23,32-33,35,39-40,51H,20,24H2,1H3/t32-,33+,35-,39-,40+,46+/m0/s1. The third-order valence-corrected chi connectivity index (χ3v) is 12.6. The van der Waals surface area contributed by atoms with Gasteiger partial charge >= 0.3 is 0 Å². The molecule has 0 bridgehead atoms. The molecular weight excluding hydrogens is 742 g/mol. The summed E-state index contributed by atoms with van der Waals surface area (Å²) in [6.45, 7) is 0. The Kier molecular flexibility index (Phi) is 7.98. The Morgan fingerprint density at radius 1 is 0.789 bits per heavy atom. The Bertz CT molecular complexity index is 2660. The van der Waals surface area contributed by atoms with Gasteiger partial charge in [-0.1, -0.05) is 71.8 Å². The van der Waals surface area contributed by atoms with Crippen molar-refractivity contribution in [3.8, 4) is 23.0 Å². The van der Waals surface area contributed by atoms with E-state index in [1.807, 2.05) is 60.7 Å². The highest BCUT2D eigenvalue weighted by atomic mass is 35.5. The van der Waals surface area contributed by atoms with Gasteiger partial charge in [-0.25, -0.2) is 9.88 Å². The van der Waals surface area contributed by atoms with Crippen molar-refractivity contribution in [2.24, 2.45) is 23.7 Å². The molecule has 6 atom stereocenters. The monoisotopic (exact) mass is 775 g/mol. The van der Waals surface area contributed by atoms with Crippen molar-refractivity contribution in [3.63, 3.8) is 0 Å². The van der Waals surface area contributed by atoms with Crippen LogP contribution in [0.5, 0.6) is 11.5 Å². The highest BCUT2D eigenvalue weighted by molar-refractivity contribution is 6.32. The molecule has 0 unspecified atom stereocenters. The van der Waals surface area contributed by atoms with Crippen molar-refractivity contribution < 1.29 is 33.4 Å². The highest BCUT2D eigenvalue weighted by Gasteiger charge is 2.70. The minimum atomic E-state index is -1.54. The number of para-hydroxylation sites is 2. The number of imide groups is 2. The van der Waals surface area contributed by atoms with E-state index in [4.69, 9.17) is 20.8 Å². The van der Waals surface area contributed by atoms with Crippen LogP contribution in [0.25, 0.3) is 22.6 Å². The smallest absolute Gasteiger partial charge is 0.246 e. The van der Waals surface area contributed by atoms with E-state index in [1.54, 1.807) is 60.7 Å². The van der Waals surface area contributed by atoms with Gasteiger partial charge in [-0.05, 0) is 97.1 Å². The number of anilines is 2. The molecule has 4 amide bonds. The highest BCUT2D eigenvalue weighted by Crippen LogP contribution is 2.65. The molecule has 3 heterocycles. The van der Waals surface area contributed by atoms with E-state index in [1.165, 1.54) is 23.0 Å². The zero-order chi connectivity index (χ0) is 39.2. The molecule has 0 spiro atoms. The molecule has 6 aromatic rings. The van der Waals surface area contributed by atoms with E-state index in [-0.39, 0.29) is 30.4 Å². The molecule has 11 heteroatoms. The van der Waals surface area contributed by atoms with Crippen molar-refractivity contribution in [1.29, 1.82) is 0 Å². The van der Waals surface area contributed by atoms with Crippen LogP contribution in [0.3, 0.4) is 0 Å². The van der Waals surface area contributed by atoms with Crippen LogP contribution in [0.2, 0.25) is 5.02 Å². The van der Waals surface area contributed by atoms with E-state index < -0.39 is 46.8 Å². The molecule has 3 fully saturated rings. The Hall–Kier alpha value is -6.52. The van der Waals surface area contributed by atoms with Crippen LogP contribution in [0.4, 0.5) is 11.4 Å². The number of amides is 4. The number of halogens is 1. The summed E-state index contributed by atoms with van der Waals surface area (Å²) in [5.74, 6) is -4.84. The Balaban J connectivity index is 1.10. The average Bonchev–Trinajstić information content (AvgIpc) is 3.85. The first kappa shape index (κ1) is 34.9. The number of aromatic nitrogens is 1. The van der Waals surface area contributed by atoms with Crippen LogP contribution in [0.1, 0.15) is 29.9 Å². The van der Waals surface area contributed by atoms with Crippen molar-refractivity contribution in [2.75, 3.05) is 16.9 Å². The summed E-state index contributed by atoms with van der Waals surface area (Å²) in [5, 5.41) is 12.0. The van der Waals surface area contributed by atoms with Gasteiger partial charge < -0.3 is 14.3 Å². The summed E-state index contributed by atoms with van der Waals surface area (Å²) < 4.78 is 11.6. The third kappa shape index (κ3) is 5.06. The zero-order valence-electron chi connectivity index (χ0n) is 30.5. The van der Waals surface area contributed by atoms with E-state index in [0.717, 1.165) is 11.1 Å². The Labute approximate surface area is 331 Å². The Morgan fingerprint density at radius 2 is 1.56 bits per heavy atom. The van der Waals surface area contributed by atoms with Crippen LogP contribution in [0, 0.1) is 23.7 Å². The predicted molar refractivity (Wildman–Crippen MR) is 213 cm³/mol. The number of benzene rings is 5. The van der Waals surface area contributed by atoms with E-state index in [9.17, 15) is 14.7 Å². The number of phenols is 1. The number of carbonyl (C=O) groups is 4. The number of carbonyl (C=O) groups excluding carboxylic acids is 4. The van der Waals surface area contributed by atoms with Gasteiger partial charge in [-0.2, -0.15) is 0 Å². The lowest BCUT2D eigenvalue weighted by Crippen LogP contribution is -2.53. The maximum Gasteiger partial charge on any atom is 0.246 e. The van der Waals surface area contributed by atoms with Crippen LogP contribution in [-0.2, 0) is 24.6 Å². The maximum absolute atomic E-state index is 15.5.